The molecule has 0 saturated heterocycles. The molecule has 1 aromatic heterocycles. The average molecular weight is 318 g/mol. The third-order valence-corrected chi connectivity index (χ3v) is 2.39. The molecular formula is C10H12BrN3O4. The van der Waals surface area contributed by atoms with Crippen LogP contribution in [0.5, 0.6) is 0 Å². The number of hydrogen-bond donors (Lipinski definition) is 0. The van der Waals surface area contributed by atoms with Gasteiger partial charge in [0.25, 0.3) is 0 Å². The molecule has 0 aliphatic rings. The van der Waals surface area contributed by atoms with Gasteiger partial charge in [0.2, 0.25) is 5.95 Å². The van der Waals surface area contributed by atoms with Gasteiger partial charge in [-0.15, -0.1) is 0 Å². The number of hydrogen-bond acceptors (Lipinski definition) is 7. The Bertz CT molecular complexity index is 406. The largest absolute Gasteiger partial charge is 0.468 e. The summed E-state index contributed by atoms with van der Waals surface area (Å²) in [5, 5.41) is 0. The number of rotatable bonds is 5. The Morgan fingerprint density at radius 1 is 1.17 bits per heavy atom. The topological polar surface area (TPSA) is 81.6 Å². The van der Waals surface area contributed by atoms with Crippen LogP contribution in [0.4, 0.5) is 5.95 Å². The Morgan fingerprint density at radius 3 is 2.00 bits per heavy atom. The summed E-state index contributed by atoms with van der Waals surface area (Å²) < 4.78 is 9.78. The zero-order valence-electron chi connectivity index (χ0n) is 9.92. The van der Waals surface area contributed by atoms with Crippen LogP contribution in [-0.2, 0) is 19.1 Å². The summed E-state index contributed by atoms with van der Waals surface area (Å²) in [7, 11) is 2.53. The van der Waals surface area contributed by atoms with E-state index in [9.17, 15) is 9.59 Å². The SMILES string of the molecule is COC(=O)CN(CC(=O)OC)c1ncc(Br)cn1. The summed E-state index contributed by atoms with van der Waals surface area (Å²) in [5.74, 6) is -0.746. The van der Waals surface area contributed by atoms with E-state index in [1.807, 2.05) is 0 Å². The van der Waals surface area contributed by atoms with Crippen LogP contribution in [0.3, 0.4) is 0 Å². The van der Waals surface area contributed by atoms with Gasteiger partial charge in [0, 0.05) is 12.4 Å². The van der Waals surface area contributed by atoms with Gasteiger partial charge in [-0.3, -0.25) is 9.59 Å². The standard InChI is InChI=1S/C10H12BrN3O4/c1-17-8(15)5-14(6-9(16)18-2)10-12-3-7(11)4-13-10/h3-4H,5-6H2,1-2H3. The van der Waals surface area contributed by atoms with Crippen LogP contribution in [0.1, 0.15) is 0 Å². The monoisotopic (exact) mass is 317 g/mol. The van der Waals surface area contributed by atoms with Gasteiger partial charge in [0.1, 0.15) is 13.1 Å². The second-order valence-corrected chi connectivity index (χ2v) is 4.13. The molecule has 0 N–H and O–H groups in total. The third kappa shape index (κ3) is 4.28. The molecule has 7 nitrogen and oxygen atoms in total. The highest BCUT2D eigenvalue weighted by Crippen LogP contribution is 2.11. The highest BCUT2D eigenvalue weighted by Gasteiger charge is 2.18. The summed E-state index contributed by atoms with van der Waals surface area (Å²) in [6.07, 6.45) is 3.04. The van der Waals surface area contributed by atoms with Crippen molar-refractivity contribution in [3.8, 4) is 0 Å². The Morgan fingerprint density at radius 2 is 1.61 bits per heavy atom. The minimum absolute atomic E-state index is 0.132. The Hall–Kier alpha value is -1.70. The first-order valence-corrected chi connectivity index (χ1v) is 5.72. The van der Waals surface area contributed by atoms with E-state index in [1.54, 1.807) is 0 Å². The van der Waals surface area contributed by atoms with Crippen molar-refractivity contribution in [3.63, 3.8) is 0 Å². The molecule has 98 valence electrons. The summed E-state index contributed by atoms with van der Waals surface area (Å²) >= 11 is 3.20. The second-order valence-electron chi connectivity index (χ2n) is 3.21. The molecule has 0 fully saturated rings. The second kappa shape index (κ2) is 6.90. The molecule has 1 heterocycles. The average Bonchev–Trinajstić information content (AvgIpc) is 2.38. The molecule has 0 aliphatic carbocycles. The van der Waals surface area contributed by atoms with E-state index in [2.05, 4.69) is 35.4 Å². The molecule has 0 atom stereocenters. The molecule has 0 aromatic carbocycles. The molecule has 1 rings (SSSR count). The van der Waals surface area contributed by atoms with Crippen molar-refractivity contribution in [2.45, 2.75) is 0 Å². The van der Waals surface area contributed by atoms with Crippen molar-refractivity contribution in [2.75, 3.05) is 32.2 Å². The Balaban J connectivity index is 2.85. The van der Waals surface area contributed by atoms with Crippen LogP contribution in [0.2, 0.25) is 0 Å². The van der Waals surface area contributed by atoms with Gasteiger partial charge in [0.05, 0.1) is 18.7 Å². The van der Waals surface area contributed by atoms with Crippen molar-refractivity contribution in [1.29, 1.82) is 0 Å². The fourth-order valence-electron chi connectivity index (χ4n) is 1.11. The van der Waals surface area contributed by atoms with Gasteiger partial charge >= 0.3 is 11.9 Å². The molecule has 18 heavy (non-hydrogen) atoms. The van der Waals surface area contributed by atoms with Gasteiger partial charge in [0.15, 0.2) is 0 Å². The number of nitrogens with zero attached hydrogens (tertiary/aromatic N) is 3. The molecule has 0 amide bonds. The summed E-state index contributed by atoms with van der Waals surface area (Å²) in [4.78, 5) is 31.9. The minimum atomic E-state index is -0.495. The van der Waals surface area contributed by atoms with Gasteiger partial charge in [-0.2, -0.15) is 0 Å². The van der Waals surface area contributed by atoms with Crippen LogP contribution >= 0.6 is 15.9 Å². The molecule has 0 radical (unpaired) electrons. The van der Waals surface area contributed by atoms with E-state index in [4.69, 9.17) is 0 Å². The number of carbonyl (C=O) groups excluding carboxylic acids is 2. The van der Waals surface area contributed by atoms with Crippen LogP contribution < -0.4 is 4.90 Å². The molecule has 0 saturated carbocycles. The van der Waals surface area contributed by atoms with Crippen molar-refractivity contribution in [2.24, 2.45) is 0 Å². The molecular weight excluding hydrogens is 306 g/mol. The number of halogens is 1. The number of ether oxygens (including phenoxy) is 2. The number of carbonyl (C=O) groups is 2. The molecule has 0 bridgehead atoms. The molecule has 8 heteroatoms. The van der Waals surface area contributed by atoms with Gasteiger partial charge in [-0.25, -0.2) is 9.97 Å². The molecule has 0 unspecified atom stereocenters. The summed E-state index contributed by atoms with van der Waals surface area (Å²) in [6, 6.07) is 0. The zero-order chi connectivity index (χ0) is 13.5. The zero-order valence-corrected chi connectivity index (χ0v) is 11.5. The normalized spacial score (nSPS) is 9.72. The third-order valence-electron chi connectivity index (χ3n) is 1.98. The lowest BCUT2D eigenvalue weighted by molar-refractivity contribution is -0.140. The van der Waals surface area contributed by atoms with Crippen LogP contribution in [0.15, 0.2) is 16.9 Å². The number of anilines is 1. The van der Waals surface area contributed by atoms with E-state index in [0.717, 1.165) is 0 Å². The minimum Gasteiger partial charge on any atom is -0.468 e. The maximum atomic E-state index is 11.3. The maximum Gasteiger partial charge on any atom is 0.325 e. The van der Waals surface area contributed by atoms with Gasteiger partial charge < -0.3 is 14.4 Å². The first-order chi connectivity index (χ1) is 8.56. The van der Waals surface area contributed by atoms with Crippen molar-refractivity contribution < 1.29 is 19.1 Å². The quantitative estimate of drug-likeness (QED) is 0.726. The maximum absolute atomic E-state index is 11.3. The van der Waals surface area contributed by atoms with Crippen LogP contribution in [0, 0.1) is 0 Å². The first-order valence-electron chi connectivity index (χ1n) is 4.93. The molecule has 1 aromatic rings. The highest BCUT2D eigenvalue weighted by atomic mass is 79.9. The molecule has 0 aliphatic heterocycles. The Labute approximate surface area is 112 Å². The molecule has 0 spiro atoms. The van der Waals surface area contributed by atoms with Crippen LogP contribution in [-0.4, -0.2) is 49.2 Å². The van der Waals surface area contributed by atoms with Crippen molar-refractivity contribution >= 4 is 33.8 Å². The summed E-state index contributed by atoms with van der Waals surface area (Å²) in [6.45, 7) is -0.263. The predicted molar refractivity (Wildman–Crippen MR) is 66.0 cm³/mol. The lowest BCUT2D eigenvalue weighted by Crippen LogP contribution is -2.36. The Kier molecular flexibility index (Phi) is 5.50. The fourth-order valence-corrected chi connectivity index (χ4v) is 1.31. The smallest absolute Gasteiger partial charge is 0.325 e. The predicted octanol–water partition coefficient (Wildman–Crippen LogP) is 0.391. The van der Waals surface area contributed by atoms with E-state index < -0.39 is 11.9 Å². The van der Waals surface area contributed by atoms with E-state index in [0.29, 0.717) is 4.47 Å². The fraction of sp³-hybridized carbons (Fsp3) is 0.400. The van der Waals surface area contributed by atoms with E-state index in [1.165, 1.54) is 31.5 Å². The van der Waals surface area contributed by atoms with E-state index in [-0.39, 0.29) is 19.0 Å². The van der Waals surface area contributed by atoms with E-state index >= 15 is 0 Å². The van der Waals surface area contributed by atoms with Crippen molar-refractivity contribution in [3.05, 3.63) is 16.9 Å². The lowest BCUT2D eigenvalue weighted by Gasteiger charge is -2.19. The number of esters is 2. The number of methoxy groups -OCH3 is 2. The lowest BCUT2D eigenvalue weighted by atomic mass is 10.5. The van der Waals surface area contributed by atoms with Gasteiger partial charge in [-0.05, 0) is 15.9 Å². The summed E-state index contributed by atoms with van der Waals surface area (Å²) in [5.41, 5.74) is 0. The van der Waals surface area contributed by atoms with Gasteiger partial charge in [-0.1, -0.05) is 0 Å². The van der Waals surface area contributed by atoms with Crippen LogP contribution in [0.25, 0.3) is 0 Å². The first kappa shape index (κ1) is 14.4. The highest BCUT2D eigenvalue weighted by molar-refractivity contribution is 9.10. The van der Waals surface area contributed by atoms with Crippen molar-refractivity contribution in [1.82, 2.24) is 9.97 Å². The number of aromatic nitrogens is 2.